The highest BCUT2D eigenvalue weighted by molar-refractivity contribution is 5.94. The van der Waals surface area contributed by atoms with Gasteiger partial charge in [-0.3, -0.25) is 14.6 Å². The molecule has 9 heteroatoms. The first-order valence-electron chi connectivity index (χ1n) is 6.43. The van der Waals surface area contributed by atoms with Crippen molar-refractivity contribution in [3.63, 3.8) is 0 Å². The van der Waals surface area contributed by atoms with Gasteiger partial charge in [-0.1, -0.05) is 0 Å². The predicted octanol–water partition coefficient (Wildman–Crippen LogP) is 1.42. The van der Waals surface area contributed by atoms with Crippen molar-refractivity contribution in [1.29, 1.82) is 0 Å². The number of carbonyl (C=O) groups is 2. The number of amides is 1. The average molecular weight is 318 g/mol. The smallest absolute Gasteiger partial charge is 0.433 e. The number of morpholine rings is 1. The van der Waals surface area contributed by atoms with Crippen molar-refractivity contribution in [1.82, 2.24) is 9.88 Å². The molecule has 0 aliphatic carbocycles. The summed E-state index contributed by atoms with van der Waals surface area (Å²) in [5, 5.41) is 8.83. The fraction of sp³-hybridized carbons (Fsp3) is 0.462. The van der Waals surface area contributed by atoms with E-state index in [1.54, 1.807) is 0 Å². The first-order valence-corrected chi connectivity index (χ1v) is 6.43. The number of pyridine rings is 1. The molecule has 1 unspecified atom stereocenters. The summed E-state index contributed by atoms with van der Waals surface area (Å²) in [6, 6.07) is 1.10. The van der Waals surface area contributed by atoms with Gasteiger partial charge in [0, 0.05) is 12.7 Å². The highest BCUT2D eigenvalue weighted by atomic mass is 19.4. The first kappa shape index (κ1) is 16.2. The zero-order chi connectivity index (χ0) is 16.3. The van der Waals surface area contributed by atoms with E-state index in [1.807, 2.05) is 0 Å². The molecule has 1 aliphatic heterocycles. The van der Waals surface area contributed by atoms with Crippen LogP contribution in [0.1, 0.15) is 22.5 Å². The highest BCUT2D eigenvalue weighted by Crippen LogP contribution is 2.27. The predicted molar refractivity (Wildman–Crippen MR) is 67.1 cm³/mol. The average Bonchev–Trinajstić information content (AvgIpc) is 2.46. The lowest BCUT2D eigenvalue weighted by Crippen LogP contribution is -2.49. The lowest BCUT2D eigenvalue weighted by atomic mass is 10.1. The molecule has 2 heterocycles. The Balaban J connectivity index is 2.16. The van der Waals surface area contributed by atoms with Gasteiger partial charge in [-0.05, 0) is 12.1 Å². The number of carbonyl (C=O) groups excluding carboxylic acids is 1. The Morgan fingerprint density at radius 2 is 2.14 bits per heavy atom. The van der Waals surface area contributed by atoms with Crippen molar-refractivity contribution in [2.75, 3.05) is 19.8 Å². The zero-order valence-corrected chi connectivity index (χ0v) is 11.3. The molecular weight excluding hydrogens is 305 g/mol. The molecule has 1 saturated heterocycles. The van der Waals surface area contributed by atoms with Crippen molar-refractivity contribution in [2.24, 2.45) is 0 Å². The molecule has 0 radical (unpaired) electrons. The van der Waals surface area contributed by atoms with Crippen molar-refractivity contribution < 1.29 is 32.6 Å². The van der Waals surface area contributed by atoms with E-state index in [2.05, 4.69) is 4.98 Å². The van der Waals surface area contributed by atoms with Gasteiger partial charge in [-0.2, -0.15) is 13.2 Å². The minimum Gasteiger partial charge on any atom is -0.481 e. The van der Waals surface area contributed by atoms with E-state index >= 15 is 0 Å². The van der Waals surface area contributed by atoms with Crippen LogP contribution in [-0.2, 0) is 15.7 Å². The number of hydrogen-bond donors (Lipinski definition) is 1. The normalized spacial score (nSPS) is 19.0. The maximum atomic E-state index is 12.4. The second kappa shape index (κ2) is 6.30. The van der Waals surface area contributed by atoms with Gasteiger partial charge in [0.05, 0.1) is 31.2 Å². The van der Waals surface area contributed by atoms with Crippen LogP contribution >= 0.6 is 0 Å². The van der Waals surface area contributed by atoms with E-state index in [9.17, 15) is 22.8 Å². The second-order valence-corrected chi connectivity index (χ2v) is 4.76. The van der Waals surface area contributed by atoms with Crippen LogP contribution in [0.4, 0.5) is 13.2 Å². The maximum absolute atomic E-state index is 12.4. The quantitative estimate of drug-likeness (QED) is 0.911. The van der Waals surface area contributed by atoms with Crippen LogP contribution in [-0.4, -0.2) is 52.7 Å². The number of halogens is 3. The zero-order valence-electron chi connectivity index (χ0n) is 11.3. The Kier molecular flexibility index (Phi) is 4.65. The molecule has 0 saturated carbocycles. The number of alkyl halides is 3. The van der Waals surface area contributed by atoms with Gasteiger partial charge in [-0.15, -0.1) is 0 Å². The standard InChI is InChI=1S/C13H13F3N2O4/c14-13(15,16)10-2-1-8(6-17-10)12(21)18-3-4-22-7-9(18)5-11(19)20/h1-2,6,9H,3-5,7H2,(H,19,20). The van der Waals surface area contributed by atoms with Crippen LogP contribution in [0.25, 0.3) is 0 Å². The van der Waals surface area contributed by atoms with Gasteiger partial charge in [0.1, 0.15) is 5.69 Å². The molecular formula is C13H13F3N2O4. The topological polar surface area (TPSA) is 79.7 Å². The summed E-state index contributed by atoms with van der Waals surface area (Å²) in [4.78, 5) is 27.6. The third-order valence-corrected chi connectivity index (χ3v) is 3.20. The van der Waals surface area contributed by atoms with E-state index in [0.717, 1.165) is 18.3 Å². The Morgan fingerprint density at radius 3 is 2.68 bits per heavy atom. The molecule has 0 spiro atoms. The summed E-state index contributed by atoms with van der Waals surface area (Å²) in [5.74, 6) is -1.64. The van der Waals surface area contributed by atoms with E-state index in [4.69, 9.17) is 9.84 Å². The lowest BCUT2D eigenvalue weighted by molar-refractivity contribution is -0.141. The minimum absolute atomic E-state index is 0.0229. The number of aromatic nitrogens is 1. The summed E-state index contributed by atoms with van der Waals surface area (Å²) in [7, 11) is 0. The summed E-state index contributed by atoms with van der Waals surface area (Å²) in [6.07, 6.45) is -4.02. The highest BCUT2D eigenvalue weighted by Gasteiger charge is 2.33. The number of ether oxygens (including phenoxy) is 1. The number of hydrogen-bond acceptors (Lipinski definition) is 4. The van der Waals surface area contributed by atoms with Crippen LogP contribution in [0.5, 0.6) is 0 Å². The van der Waals surface area contributed by atoms with Gasteiger partial charge in [-0.25, -0.2) is 0 Å². The van der Waals surface area contributed by atoms with Crippen LogP contribution in [0, 0.1) is 0 Å². The van der Waals surface area contributed by atoms with E-state index < -0.39 is 29.8 Å². The first-order chi connectivity index (χ1) is 10.3. The maximum Gasteiger partial charge on any atom is 0.433 e. The monoisotopic (exact) mass is 318 g/mol. The number of carboxylic acids is 1. The Hall–Kier alpha value is -2.16. The number of aliphatic carboxylic acids is 1. The van der Waals surface area contributed by atoms with Crippen LogP contribution in [0.3, 0.4) is 0 Å². The van der Waals surface area contributed by atoms with E-state index in [-0.39, 0.29) is 31.7 Å². The SMILES string of the molecule is O=C(O)CC1COCCN1C(=O)c1ccc(C(F)(F)F)nc1. The van der Waals surface area contributed by atoms with Crippen molar-refractivity contribution in [3.8, 4) is 0 Å². The van der Waals surface area contributed by atoms with Gasteiger partial charge >= 0.3 is 12.1 Å². The summed E-state index contributed by atoms with van der Waals surface area (Å²) >= 11 is 0. The molecule has 1 aliphatic rings. The molecule has 1 aromatic heterocycles. The minimum atomic E-state index is -4.58. The summed E-state index contributed by atoms with van der Waals surface area (Å²) in [6.45, 7) is 0.500. The Labute approximate surface area is 123 Å². The van der Waals surface area contributed by atoms with Gasteiger partial charge in [0.25, 0.3) is 5.91 Å². The molecule has 2 rings (SSSR count). The molecule has 0 aromatic carbocycles. The van der Waals surface area contributed by atoms with Crippen molar-refractivity contribution in [2.45, 2.75) is 18.6 Å². The third-order valence-electron chi connectivity index (χ3n) is 3.20. The van der Waals surface area contributed by atoms with Gasteiger partial charge in [0.2, 0.25) is 0 Å². The molecule has 0 bridgehead atoms. The van der Waals surface area contributed by atoms with E-state index in [1.165, 1.54) is 4.90 Å². The van der Waals surface area contributed by atoms with Crippen LogP contribution in [0.15, 0.2) is 18.3 Å². The van der Waals surface area contributed by atoms with Crippen LogP contribution in [0.2, 0.25) is 0 Å². The van der Waals surface area contributed by atoms with Crippen LogP contribution < -0.4 is 0 Å². The molecule has 6 nitrogen and oxygen atoms in total. The fourth-order valence-corrected chi connectivity index (χ4v) is 2.15. The van der Waals surface area contributed by atoms with Crippen molar-refractivity contribution in [3.05, 3.63) is 29.6 Å². The second-order valence-electron chi connectivity index (χ2n) is 4.76. The molecule has 1 atom stereocenters. The summed E-state index contributed by atoms with van der Waals surface area (Å²) < 4.78 is 42.5. The van der Waals surface area contributed by atoms with Crippen molar-refractivity contribution >= 4 is 11.9 Å². The fourth-order valence-electron chi connectivity index (χ4n) is 2.15. The Bertz CT molecular complexity index is 559. The number of rotatable bonds is 3. The summed E-state index contributed by atoms with van der Waals surface area (Å²) in [5.41, 5.74) is -1.11. The Morgan fingerprint density at radius 1 is 1.41 bits per heavy atom. The van der Waals surface area contributed by atoms with E-state index in [0.29, 0.717) is 0 Å². The van der Waals surface area contributed by atoms with Gasteiger partial charge < -0.3 is 14.7 Å². The van der Waals surface area contributed by atoms with Gasteiger partial charge in [0.15, 0.2) is 0 Å². The number of nitrogens with zero attached hydrogens (tertiary/aromatic N) is 2. The lowest BCUT2D eigenvalue weighted by Gasteiger charge is -2.34. The molecule has 22 heavy (non-hydrogen) atoms. The molecule has 1 N–H and O–H groups in total. The molecule has 1 amide bonds. The number of carboxylic acid groups (broad SMARTS) is 1. The molecule has 120 valence electrons. The third kappa shape index (κ3) is 3.73. The largest absolute Gasteiger partial charge is 0.481 e. The molecule has 1 fully saturated rings. The molecule has 1 aromatic rings.